The van der Waals surface area contributed by atoms with Crippen LogP contribution in [0.5, 0.6) is 0 Å². The molecular weight excluding hydrogens is 492 g/mol. The summed E-state index contributed by atoms with van der Waals surface area (Å²) in [5.74, 6) is 1.18. The van der Waals surface area contributed by atoms with Gasteiger partial charge in [0, 0.05) is 37.2 Å². The number of nitrogens with zero attached hydrogens (tertiary/aromatic N) is 3. The molecule has 6 heteroatoms. The molecule has 1 aliphatic rings. The second kappa shape index (κ2) is 11.8. The number of aryl methyl sites for hydroxylation is 1. The Morgan fingerprint density at radius 2 is 1.74 bits per heavy atom. The van der Waals surface area contributed by atoms with Gasteiger partial charge in [0.25, 0.3) is 5.56 Å². The first-order valence-corrected chi connectivity index (χ1v) is 14.0. The third-order valence-corrected chi connectivity index (χ3v) is 8.05. The highest BCUT2D eigenvalue weighted by molar-refractivity contribution is 6.31. The SMILES string of the molecule is Cc1ccc(CN2CCC(C(C)C)N(C(Cc3ccccc3)c3nc4cc(Cl)ccc4c(=O)[nH]3)CC2)cc1. The van der Waals surface area contributed by atoms with Crippen LogP contribution in [0.1, 0.15) is 48.8 Å². The first kappa shape index (κ1) is 26.6. The summed E-state index contributed by atoms with van der Waals surface area (Å²) in [6.45, 7) is 10.6. The molecule has 5 nitrogen and oxygen atoms in total. The minimum Gasteiger partial charge on any atom is -0.309 e. The van der Waals surface area contributed by atoms with Crippen LogP contribution >= 0.6 is 11.6 Å². The van der Waals surface area contributed by atoms with E-state index in [1.807, 2.05) is 6.07 Å². The highest BCUT2D eigenvalue weighted by atomic mass is 35.5. The van der Waals surface area contributed by atoms with E-state index in [4.69, 9.17) is 16.6 Å². The number of hydrogen-bond acceptors (Lipinski definition) is 4. The Bertz CT molecular complexity index is 1420. The Labute approximate surface area is 230 Å². The lowest BCUT2D eigenvalue weighted by Crippen LogP contribution is -2.44. The van der Waals surface area contributed by atoms with Crippen LogP contribution in [-0.4, -0.2) is 45.4 Å². The molecule has 0 saturated carbocycles. The molecule has 5 rings (SSSR count). The number of fused-ring (bicyclic) bond motifs is 1. The third kappa shape index (κ3) is 6.17. The van der Waals surface area contributed by atoms with E-state index in [1.165, 1.54) is 16.7 Å². The zero-order valence-electron chi connectivity index (χ0n) is 22.5. The van der Waals surface area contributed by atoms with Gasteiger partial charge in [0.05, 0.1) is 16.9 Å². The number of H-pyrrole nitrogens is 1. The van der Waals surface area contributed by atoms with Gasteiger partial charge >= 0.3 is 0 Å². The van der Waals surface area contributed by atoms with Gasteiger partial charge in [-0.3, -0.25) is 14.6 Å². The first-order valence-electron chi connectivity index (χ1n) is 13.6. The van der Waals surface area contributed by atoms with Gasteiger partial charge in [-0.15, -0.1) is 0 Å². The van der Waals surface area contributed by atoms with E-state index in [0.29, 0.717) is 33.7 Å². The van der Waals surface area contributed by atoms with Gasteiger partial charge in [-0.1, -0.05) is 85.6 Å². The van der Waals surface area contributed by atoms with Crippen molar-refractivity contribution < 1.29 is 0 Å². The Hall–Kier alpha value is -2.99. The van der Waals surface area contributed by atoms with Crippen molar-refractivity contribution in [1.82, 2.24) is 19.8 Å². The van der Waals surface area contributed by atoms with Gasteiger partial charge in [0.1, 0.15) is 5.82 Å². The van der Waals surface area contributed by atoms with Gasteiger partial charge in [-0.25, -0.2) is 4.98 Å². The van der Waals surface area contributed by atoms with Crippen molar-refractivity contribution in [3.8, 4) is 0 Å². The molecule has 3 aromatic carbocycles. The fraction of sp³-hybridized carbons (Fsp3) is 0.375. The van der Waals surface area contributed by atoms with Gasteiger partial charge in [-0.05, 0) is 55.0 Å². The standard InChI is InChI=1S/C32H37ClN4O/c1-22(2)29-15-16-36(21-25-11-9-23(3)10-12-25)17-18-37(29)30(19-24-7-5-4-6-8-24)31-34-28-20-26(33)13-14-27(28)32(38)35-31/h4-14,20,22,29-30H,15-19,21H2,1-3H3,(H,34,35,38). The molecule has 0 amide bonds. The smallest absolute Gasteiger partial charge is 0.258 e. The molecule has 38 heavy (non-hydrogen) atoms. The summed E-state index contributed by atoms with van der Waals surface area (Å²) in [4.78, 5) is 26.5. The van der Waals surface area contributed by atoms with Gasteiger partial charge in [-0.2, -0.15) is 0 Å². The van der Waals surface area contributed by atoms with Crippen LogP contribution in [0.4, 0.5) is 0 Å². The molecule has 0 bridgehead atoms. The summed E-state index contributed by atoms with van der Waals surface area (Å²) in [5.41, 5.74) is 4.40. The summed E-state index contributed by atoms with van der Waals surface area (Å²) in [6.07, 6.45) is 1.84. The topological polar surface area (TPSA) is 52.2 Å². The minimum atomic E-state index is -0.114. The fourth-order valence-electron chi connectivity index (χ4n) is 5.73. The molecule has 1 saturated heterocycles. The first-order chi connectivity index (χ1) is 18.4. The van der Waals surface area contributed by atoms with E-state index in [2.05, 4.69) is 84.1 Å². The van der Waals surface area contributed by atoms with Crippen LogP contribution in [0.3, 0.4) is 0 Å². The van der Waals surface area contributed by atoms with Crippen LogP contribution in [0.25, 0.3) is 10.9 Å². The molecule has 1 fully saturated rings. The van der Waals surface area contributed by atoms with E-state index >= 15 is 0 Å². The third-order valence-electron chi connectivity index (χ3n) is 7.81. The normalized spacial score (nSPS) is 18.1. The lowest BCUT2D eigenvalue weighted by atomic mass is 9.95. The van der Waals surface area contributed by atoms with Gasteiger partial charge in [0.15, 0.2) is 0 Å². The quantitative estimate of drug-likeness (QED) is 0.301. The maximum atomic E-state index is 13.1. The Morgan fingerprint density at radius 3 is 2.47 bits per heavy atom. The van der Waals surface area contributed by atoms with Crippen LogP contribution in [0.15, 0.2) is 77.6 Å². The molecule has 0 radical (unpaired) electrons. The van der Waals surface area contributed by atoms with E-state index in [0.717, 1.165) is 39.0 Å². The molecule has 4 aromatic rings. The maximum Gasteiger partial charge on any atom is 0.258 e. The molecule has 2 heterocycles. The number of aromatic nitrogens is 2. The van der Waals surface area contributed by atoms with Gasteiger partial charge < -0.3 is 4.98 Å². The summed E-state index contributed by atoms with van der Waals surface area (Å²) >= 11 is 6.29. The second-order valence-corrected chi connectivity index (χ2v) is 11.4. The van der Waals surface area contributed by atoms with E-state index in [1.54, 1.807) is 18.2 Å². The van der Waals surface area contributed by atoms with Crippen molar-refractivity contribution in [3.63, 3.8) is 0 Å². The number of nitrogens with one attached hydrogen (secondary N) is 1. The summed E-state index contributed by atoms with van der Waals surface area (Å²) in [5, 5.41) is 1.15. The van der Waals surface area contributed by atoms with Crippen molar-refractivity contribution >= 4 is 22.5 Å². The molecule has 2 unspecified atom stereocenters. The summed E-state index contributed by atoms with van der Waals surface area (Å²) < 4.78 is 0. The Balaban J connectivity index is 1.50. The fourth-order valence-corrected chi connectivity index (χ4v) is 5.89. The predicted octanol–water partition coefficient (Wildman–Crippen LogP) is 6.40. The zero-order chi connectivity index (χ0) is 26.6. The number of hydrogen-bond donors (Lipinski definition) is 1. The van der Waals surface area contributed by atoms with Crippen molar-refractivity contribution in [1.29, 1.82) is 0 Å². The molecule has 0 aliphatic carbocycles. The number of rotatable bonds is 7. The lowest BCUT2D eigenvalue weighted by molar-refractivity contribution is 0.101. The van der Waals surface area contributed by atoms with Crippen molar-refractivity contribution in [2.75, 3.05) is 19.6 Å². The zero-order valence-corrected chi connectivity index (χ0v) is 23.3. The molecule has 0 spiro atoms. The van der Waals surface area contributed by atoms with Crippen LogP contribution in [0.2, 0.25) is 5.02 Å². The molecule has 2 atom stereocenters. The lowest BCUT2D eigenvalue weighted by Gasteiger charge is -2.38. The van der Waals surface area contributed by atoms with Crippen molar-refractivity contribution in [2.45, 2.75) is 52.2 Å². The molecular formula is C32H37ClN4O. The maximum absolute atomic E-state index is 13.1. The molecule has 1 N–H and O–H groups in total. The van der Waals surface area contributed by atoms with Crippen LogP contribution in [0, 0.1) is 12.8 Å². The van der Waals surface area contributed by atoms with Crippen molar-refractivity contribution in [2.24, 2.45) is 5.92 Å². The van der Waals surface area contributed by atoms with Crippen LogP contribution in [-0.2, 0) is 13.0 Å². The van der Waals surface area contributed by atoms with E-state index in [9.17, 15) is 4.79 Å². The summed E-state index contributed by atoms with van der Waals surface area (Å²) in [6, 6.07) is 25.0. The monoisotopic (exact) mass is 528 g/mol. The molecule has 1 aliphatic heterocycles. The molecule has 1 aromatic heterocycles. The van der Waals surface area contributed by atoms with E-state index in [-0.39, 0.29) is 11.6 Å². The highest BCUT2D eigenvalue weighted by Crippen LogP contribution is 2.31. The highest BCUT2D eigenvalue weighted by Gasteiger charge is 2.34. The number of aromatic amines is 1. The molecule has 198 valence electrons. The second-order valence-electron chi connectivity index (χ2n) is 10.9. The largest absolute Gasteiger partial charge is 0.309 e. The number of benzene rings is 3. The summed E-state index contributed by atoms with van der Waals surface area (Å²) in [7, 11) is 0. The minimum absolute atomic E-state index is 0.0554. The Morgan fingerprint density at radius 1 is 0.974 bits per heavy atom. The average Bonchev–Trinajstić information content (AvgIpc) is 3.11. The predicted molar refractivity (Wildman–Crippen MR) is 157 cm³/mol. The number of halogens is 1. The van der Waals surface area contributed by atoms with E-state index < -0.39 is 0 Å². The average molecular weight is 529 g/mol. The van der Waals surface area contributed by atoms with Crippen LogP contribution < -0.4 is 5.56 Å². The Kier molecular flexibility index (Phi) is 8.27. The van der Waals surface area contributed by atoms with Gasteiger partial charge in [0.2, 0.25) is 0 Å². The van der Waals surface area contributed by atoms with Crippen molar-refractivity contribution in [3.05, 3.63) is 111 Å².